The van der Waals surface area contributed by atoms with Crippen molar-refractivity contribution in [2.24, 2.45) is 0 Å². The molecule has 7 heteroatoms. The zero-order chi connectivity index (χ0) is 23.4. The summed E-state index contributed by atoms with van der Waals surface area (Å²) >= 11 is 6.34. The Kier molecular flexibility index (Phi) is 7.06. The molecule has 0 aliphatic rings. The van der Waals surface area contributed by atoms with Gasteiger partial charge in [0, 0.05) is 48.1 Å². The summed E-state index contributed by atoms with van der Waals surface area (Å²) in [6.07, 6.45) is 1.64. The third-order valence-corrected chi connectivity index (χ3v) is 5.60. The van der Waals surface area contributed by atoms with E-state index in [2.05, 4.69) is 4.98 Å². The van der Waals surface area contributed by atoms with Gasteiger partial charge in [-0.15, -0.1) is 0 Å². The minimum absolute atomic E-state index is 0.0502. The molecule has 2 nitrogen and oxygen atoms in total. The second-order valence-corrected chi connectivity index (χ2v) is 7.97. The zero-order valence-electron chi connectivity index (χ0n) is 17.4. The molecule has 0 aliphatic carbocycles. The molecule has 0 N–H and O–H groups in total. The Morgan fingerprint density at radius 2 is 1.18 bits per heavy atom. The molecule has 4 rings (SSSR count). The van der Waals surface area contributed by atoms with Gasteiger partial charge in [0.1, 0.15) is 5.15 Å². The Labute approximate surface area is 194 Å². The maximum Gasteiger partial charge on any atom is 0.163 e. The molecular weight excluding hydrogens is 452 g/mol. The van der Waals surface area contributed by atoms with Gasteiger partial charge in [-0.2, -0.15) is 0 Å². The normalized spacial score (nSPS) is 11.2. The van der Waals surface area contributed by atoms with Crippen molar-refractivity contribution in [1.29, 1.82) is 0 Å². The summed E-state index contributed by atoms with van der Waals surface area (Å²) in [7, 11) is 0. The van der Waals surface area contributed by atoms with Crippen molar-refractivity contribution < 1.29 is 17.6 Å². The van der Waals surface area contributed by atoms with Crippen molar-refractivity contribution in [1.82, 2.24) is 9.88 Å². The second kappa shape index (κ2) is 10.1. The van der Waals surface area contributed by atoms with Crippen LogP contribution in [0.25, 0.3) is 11.1 Å². The van der Waals surface area contributed by atoms with Crippen LogP contribution < -0.4 is 0 Å². The van der Waals surface area contributed by atoms with E-state index in [0.29, 0.717) is 5.56 Å². The summed E-state index contributed by atoms with van der Waals surface area (Å²) in [4.78, 5) is 5.92. The van der Waals surface area contributed by atoms with Crippen LogP contribution in [0.15, 0.2) is 79.0 Å². The average molecular weight is 471 g/mol. The predicted octanol–water partition coefficient (Wildman–Crippen LogP) is 7.16. The van der Waals surface area contributed by atoms with Gasteiger partial charge >= 0.3 is 0 Å². The van der Waals surface area contributed by atoms with Crippen molar-refractivity contribution in [2.45, 2.75) is 19.6 Å². The molecule has 0 amide bonds. The summed E-state index contributed by atoms with van der Waals surface area (Å²) in [5.74, 6) is -3.92. The molecule has 33 heavy (non-hydrogen) atoms. The van der Waals surface area contributed by atoms with Crippen molar-refractivity contribution in [3.8, 4) is 11.1 Å². The molecule has 0 bridgehead atoms. The van der Waals surface area contributed by atoms with Crippen molar-refractivity contribution in [3.63, 3.8) is 0 Å². The number of benzene rings is 3. The fourth-order valence-electron chi connectivity index (χ4n) is 3.62. The highest BCUT2D eigenvalue weighted by Gasteiger charge is 2.18. The quantitative estimate of drug-likeness (QED) is 0.210. The van der Waals surface area contributed by atoms with Crippen molar-refractivity contribution in [3.05, 3.63) is 124 Å². The molecule has 0 radical (unpaired) electrons. The Balaban J connectivity index is 1.68. The van der Waals surface area contributed by atoms with E-state index in [1.54, 1.807) is 11.1 Å². The summed E-state index contributed by atoms with van der Waals surface area (Å²) in [5, 5.41) is 0.235. The van der Waals surface area contributed by atoms with Crippen LogP contribution in [-0.4, -0.2) is 9.88 Å². The topological polar surface area (TPSA) is 16.1 Å². The zero-order valence-corrected chi connectivity index (χ0v) is 18.2. The summed E-state index contributed by atoms with van der Waals surface area (Å²) < 4.78 is 56.3. The van der Waals surface area contributed by atoms with Gasteiger partial charge in [0.05, 0.1) is 0 Å². The molecule has 0 fully saturated rings. The molecule has 0 aliphatic heterocycles. The van der Waals surface area contributed by atoms with E-state index in [4.69, 9.17) is 11.6 Å². The van der Waals surface area contributed by atoms with Crippen LogP contribution in [0.2, 0.25) is 5.15 Å². The van der Waals surface area contributed by atoms with Gasteiger partial charge < -0.3 is 0 Å². The van der Waals surface area contributed by atoms with Crippen molar-refractivity contribution >= 4 is 11.6 Å². The second-order valence-electron chi connectivity index (χ2n) is 7.61. The number of hydrogen-bond acceptors (Lipinski definition) is 2. The summed E-state index contributed by atoms with van der Waals surface area (Å²) in [6.45, 7) is 0.0509. The molecule has 0 unspecified atom stereocenters. The van der Waals surface area contributed by atoms with Crippen LogP contribution in [0.4, 0.5) is 17.6 Å². The van der Waals surface area contributed by atoms with Crippen LogP contribution in [-0.2, 0) is 19.6 Å². The lowest BCUT2D eigenvalue weighted by Gasteiger charge is -2.24. The lowest BCUT2D eigenvalue weighted by molar-refractivity contribution is 0.238. The number of aromatic nitrogens is 1. The minimum Gasteiger partial charge on any atom is -0.290 e. The lowest BCUT2D eigenvalue weighted by Crippen LogP contribution is -2.24. The van der Waals surface area contributed by atoms with Gasteiger partial charge in [-0.25, -0.2) is 22.5 Å². The fourth-order valence-corrected chi connectivity index (χ4v) is 3.79. The van der Waals surface area contributed by atoms with Gasteiger partial charge in [0.25, 0.3) is 0 Å². The third-order valence-electron chi connectivity index (χ3n) is 5.26. The van der Waals surface area contributed by atoms with E-state index < -0.39 is 23.3 Å². The smallest absolute Gasteiger partial charge is 0.163 e. The number of hydrogen-bond donors (Lipinski definition) is 0. The fraction of sp³-hybridized carbons (Fsp3) is 0.115. The van der Waals surface area contributed by atoms with E-state index in [0.717, 1.165) is 23.3 Å². The maximum absolute atomic E-state index is 14.4. The van der Waals surface area contributed by atoms with Gasteiger partial charge in [-0.3, -0.25) is 4.90 Å². The van der Waals surface area contributed by atoms with Crippen molar-refractivity contribution in [2.75, 3.05) is 0 Å². The van der Waals surface area contributed by atoms with E-state index >= 15 is 0 Å². The largest absolute Gasteiger partial charge is 0.290 e. The Morgan fingerprint density at radius 1 is 0.636 bits per heavy atom. The van der Waals surface area contributed by atoms with Gasteiger partial charge in [0.15, 0.2) is 23.3 Å². The van der Waals surface area contributed by atoms with E-state index in [1.165, 1.54) is 24.3 Å². The first-order valence-electron chi connectivity index (χ1n) is 10.2. The first kappa shape index (κ1) is 23.0. The number of nitrogens with zero attached hydrogens (tertiary/aromatic N) is 2. The molecule has 4 aromatic rings. The van der Waals surface area contributed by atoms with Gasteiger partial charge in [-0.05, 0) is 23.8 Å². The lowest BCUT2D eigenvalue weighted by atomic mass is 10.1. The highest BCUT2D eigenvalue weighted by molar-refractivity contribution is 6.30. The molecular formula is C26H19ClF4N2. The van der Waals surface area contributed by atoms with E-state index in [-0.39, 0.29) is 35.9 Å². The summed E-state index contributed by atoms with van der Waals surface area (Å²) in [6, 6.07) is 19.2. The van der Waals surface area contributed by atoms with Crippen LogP contribution in [0.5, 0.6) is 0 Å². The average Bonchev–Trinajstić information content (AvgIpc) is 2.82. The molecule has 0 saturated heterocycles. The number of halogens is 5. The molecule has 0 spiro atoms. The summed E-state index contributed by atoms with van der Waals surface area (Å²) in [5.41, 5.74) is 2.56. The number of rotatable bonds is 7. The Hall–Kier alpha value is -3.22. The monoisotopic (exact) mass is 470 g/mol. The predicted molar refractivity (Wildman–Crippen MR) is 120 cm³/mol. The SMILES string of the molecule is Fc1cccc(CN(Cc2cc(-c3ccccc3)cnc2Cl)Cc2cccc(F)c2F)c1F. The molecule has 168 valence electrons. The van der Waals surface area contributed by atoms with Crippen LogP contribution in [0.1, 0.15) is 16.7 Å². The maximum atomic E-state index is 14.4. The van der Waals surface area contributed by atoms with E-state index in [1.807, 2.05) is 36.4 Å². The first-order valence-corrected chi connectivity index (χ1v) is 10.6. The number of pyridine rings is 1. The highest BCUT2D eigenvalue weighted by Crippen LogP contribution is 2.26. The first-order chi connectivity index (χ1) is 15.9. The highest BCUT2D eigenvalue weighted by atomic mass is 35.5. The van der Waals surface area contributed by atoms with E-state index in [9.17, 15) is 17.6 Å². The standard InChI is InChI=1S/C26H19ClF4N2/c27-26-21(12-20(13-32-26)17-6-2-1-3-7-17)16-33(14-18-8-4-10-22(28)24(18)30)15-19-9-5-11-23(29)25(19)31/h1-13H,14-16H2. The molecule has 0 saturated carbocycles. The molecule has 1 heterocycles. The molecule has 1 aromatic heterocycles. The Morgan fingerprint density at radius 3 is 1.76 bits per heavy atom. The molecule has 0 atom stereocenters. The third kappa shape index (κ3) is 5.41. The molecule has 3 aromatic carbocycles. The Bertz CT molecular complexity index is 1210. The van der Waals surface area contributed by atoms with Crippen LogP contribution >= 0.6 is 11.6 Å². The minimum atomic E-state index is -0.982. The van der Waals surface area contributed by atoms with Gasteiger partial charge in [-0.1, -0.05) is 66.2 Å². The van der Waals surface area contributed by atoms with Crippen LogP contribution in [0, 0.1) is 23.3 Å². The van der Waals surface area contributed by atoms with Crippen LogP contribution in [0.3, 0.4) is 0 Å². The van der Waals surface area contributed by atoms with Gasteiger partial charge in [0.2, 0.25) is 0 Å².